The summed E-state index contributed by atoms with van der Waals surface area (Å²) in [6.07, 6.45) is 0. The minimum absolute atomic E-state index is 0.208. The molecule has 0 saturated carbocycles. The van der Waals surface area contributed by atoms with Gasteiger partial charge in [0.05, 0.1) is 4.92 Å². The summed E-state index contributed by atoms with van der Waals surface area (Å²) in [4.78, 5) is 10.7. The Hall–Kier alpha value is -1.42. The Labute approximate surface area is 95.8 Å². The average molecular weight is 222 g/mol. The number of nitro groups is 1. The summed E-state index contributed by atoms with van der Waals surface area (Å²) in [5, 5.41) is 14.0. The SMILES string of the molecule is CNCc1ccc(C(C)(C)C)c([N+](=O)[O-])c1. The molecule has 16 heavy (non-hydrogen) atoms. The van der Waals surface area contributed by atoms with Crippen LogP contribution in [0.5, 0.6) is 0 Å². The number of hydrogen-bond donors (Lipinski definition) is 1. The molecule has 1 rings (SSSR count). The molecule has 0 unspecified atom stereocenters. The predicted molar refractivity (Wildman–Crippen MR) is 64.6 cm³/mol. The first-order chi connectivity index (χ1) is 7.36. The lowest BCUT2D eigenvalue weighted by atomic mass is 9.85. The van der Waals surface area contributed by atoms with Crippen LogP contribution < -0.4 is 5.32 Å². The molecule has 1 aromatic carbocycles. The van der Waals surface area contributed by atoms with Crippen molar-refractivity contribution in [1.82, 2.24) is 5.32 Å². The molecular formula is C12H18N2O2. The molecule has 0 aliphatic carbocycles. The molecule has 0 spiro atoms. The molecule has 0 aromatic heterocycles. The van der Waals surface area contributed by atoms with Crippen molar-refractivity contribution in [2.45, 2.75) is 32.7 Å². The largest absolute Gasteiger partial charge is 0.316 e. The fourth-order valence-electron chi connectivity index (χ4n) is 1.68. The second kappa shape index (κ2) is 4.61. The Morgan fingerprint density at radius 2 is 2.00 bits per heavy atom. The van der Waals surface area contributed by atoms with Gasteiger partial charge in [-0.25, -0.2) is 0 Å². The molecule has 0 fully saturated rings. The first kappa shape index (κ1) is 12.6. The third-order valence-corrected chi connectivity index (χ3v) is 2.45. The summed E-state index contributed by atoms with van der Waals surface area (Å²) in [6, 6.07) is 5.44. The van der Waals surface area contributed by atoms with Crippen LogP contribution in [0.25, 0.3) is 0 Å². The summed E-state index contributed by atoms with van der Waals surface area (Å²) in [6.45, 7) is 6.58. The smallest absolute Gasteiger partial charge is 0.273 e. The molecule has 0 heterocycles. The van der Waals surface area contributed by atoms with Gasteiger partial charge in [-0.3, -0.25) is 10.1 Å². The van der Waals surface area contributed by atoms with Gasteiger partial charge in [0.25, 0.3) is 5.69 Å². The number of nitrogens with one attached hydrogen (secondary N) is 1. The average Bonchev–Trinajstić information content (AvgIpc) is 2.16. The lowest BCUT2D eigenvalue weighted by Gasteiger charge is -2.19. The molecule has 0 bridgehead atoms. The number of benzene rings is 1. The lowest BCUT2D eigenvalue weighted by Crippen LogP contribution is -2.14. The van der Waals surface area contributed by atoms with Crippen molar-refractivity contribution in [3.05, 3.63) is 39.4 Å². The maximum absolute atomic E-state index is 11.0. The Balaban J connectivity index is 3.25. The van der Waals surface area contributed by atoms with Crippen LogP contribution in [-0.2, 0) is 12.0 Å². The van der Waals surface area contributed by atoms with E-state index in [-0.39, 0.29) is 16.0 Å². The monoisotopic (exact) mass is 222 g/mol. The van der Waals surface area contributed by atoms with Gasteiger partial charge in [0.1, 0.15) is 0 Å². The zero-order chi connectivity index (χ0) is 12.3. The van der Waals surface area contributed by atoms with E-state index in [2.05, 4.69) is 5.32 Å². The molecule has 0 atom stereocenters. The zero-order valence-corrected chi connectivity index (χ0v) is 10.2. The highest BCUT2D eigenvalue weighted by atomic mass is 16.6. The van der Waals surface area contributed by atoms with Gasteiger partial charge in [0.2, 0.25) is 0 Å². The van der Waals surface area contributed by atoms with Crippen molar-refractivity contribution in [2.75, 3.05) is 7.05 Å². The maximum Gasteiger partial charge on any atom is 0.273 e. The van der Waals surface area contributed by atoms with Gasteiger partial charge in [0.15, 0.2) is 0 Å². The molecule has 0 radical (unpaired) electrons. The summed E-state index contributed by atoms with van der Waals surface area (Å²) in [5.41, 5.74) is 1.71. The van der Waals surface area contributed by atoms with Crippen LogP contribution in [0.1, 0.15) is 31.9 Å². The Kier molecular flexibility index (Phi) is 3.65. The Morgan fingerprint density at radius 1 is 1.38 bits per heavy atom. The third-order valence-electron chi connectivity index (χ3n) is 2.45. The minimum Gasteiger partial charge on any atom is -0.316 e. The molecule has 0 saturated heterocycles. The molecule has 1 N–H and O–H groups in total. The Morgan fingerprint density at radius 3 is 2.44 bits per heavy atom. The summed E-state index contributed by atoms with van der Waals surface area (Å²) in [5.74, 6) is 0. The number of hydrogen-bond acceptors (Lipinski definition) is 3. The molecule has 0 aliphatic rings. The molecular weight excluding hydrogens is 204 g/mol. The molecule has 0 aliphatic heterocycles. The fraction of sp³-hybridized carbons (Fsp3) is 0.500. The van der Waals surface area contributed by atoms with E-state index in [1.807, 2.05) is 40.0 Å². The second-order valence-corrected chi connectivity index (χ2v) is 4.89. The normalized spacial score (nSPS) is 11.5. The van der Waals surface area contributed by atoms with Crippen LogP contribution in [-0.4, -0.2) is 12.0 Å². The van der Waals surface area contributed by atoms with Gasteiger partial charge >= 0.3 is 0 Å². The first-order valence-corrected chi connectivity index (χ1v) is 5.28. The zero-order valence-electron chi connectivity index (χ0n) is 10.2. The van der Waals surface area contributed by atoms with E-state index in [0.717, 1.165) is 11.1 Å². The fourth-order valence-corrected chi connectivity index (χ4v) is 1.68. The van der Waals surface area contributed by atoms with Gasteiger partial charge in [-0.1, -0.05) is 32.9 Å². The predicted octanol–water partition coefficient (Wildman–Crippen LogP) is 2.61. The first-order valence-electron chi connectivity index (χ1n) is 5.28. The van der Waals surface area contributed by atoms with E-state index in [1.54, 1.807) is 6.07 Å². The Bertz CT molecular complexity index is 394. The van der Waals surface area contributed by atoms with E-state index >= 15 is 0 Å². The van der Waals surface area contributed by atoms with Crippen LogP contribution in [0.2, 0.25) is 0 Å². The van der Waals surface area contributed by atoms with Crippen LogP contribution in [0.15, 0.2) is 18.2 Å². The van der Waals surface area contributed by atoms with Crippen molar-refractivity contribution < 1.29 is 4.92 Å². The van der Waals surface area contributed by atoms with Crippen molar-refractivity contribution in [2.24, 2.45) is 0 Å². The van der Waals surface area contributed by atoms with E-state index in [1.165, 1.54) is 0 Å². The van der Waals surface area contributed by atoms with Gasteiger partial charge in [-0.05, 0) is 18.0 Å². The summed E-state index contributed by atoms with van der Waals surface area (Å²) >= 11 is 0. The molecule has 4 heteroatoms. The van der Waals surface area contributed by atoms with Crippen molar-refractivity contribution in [3.8, 4) is 0 Å². The van der Waals surface area contributed by atoms with Crippen molar-refractivity contribution in [1.29, 1.82) is 0 Å². The van der Waals surface area contributed by atoms with Gasteiger partial charge in [-0.2, -0.15) is 0 Å². The van der Waals surface area contributed by atoms with Crippen LogP contribution in [0.3, 0.4) is 0 Å². The highest BCUT2D eigenvalue weighted by Gasteiger charge is 2.24. The van der Waals surface area contributed by atoms with Gasteiger partial charge < -0.3 is 5.32 Å². The quantitative estimate of drug-likeness (QED) is 0.631. The number of nitro benzene ring substituents is 1. The highest BCUT2D eigenvalue weighted by Crippen LogP contribution is 2.31. The van der Waals surface area contributed by atoms with E-state index < -0.39 is 0 Å². The summed E-state index contributed by atoms with van der Waals surface area (Å²) in [7, 11) is 1.82. The molecule has 0 amide bonds. The second-order valence-electron chi connectivity index (χ2n) is 4.89. The molecule has 4 nitrogen and oxygen atoms in total. The molecule has 88 valence electrons. The van der Waals surface area contributed by atoms with Crippen molar-refractivity contribution in [3.63, 3.8) is 0 Å². The van der Waals surface area contributed by atoms with E-state index in [0.29, 0.717) is 6.54 Å². The van der Waals surface area contributed by atoms with Crippen molar-refractivity contribution >= 4 is 5.69 Å². The van der Waals surface area contributed by atoms with E-state index in [4.69, 9.17) is 0 Å². The van der Waals surface area contributed by atoms with Crippen LogP contribution in [0.4, 0.5) is 5.69 Å². The highest BCUT2D eigenvalue weighted by molar-refractivity contribution is 5.47. The standard InChI is InChI=1S/C12H18N2O2/c1-12(2,3)10-6-5-9(8-13-4)7-11(10)14(15)16/h5-7,13H,8H2,1-4H3. The maximum atomic E-state index is 11.0. The third kappa shape index (κ3) is 2.79. The number of nitrogens with zero attached hydrogens (tertiary/aromatic N) is 1. The van der Waals surface area contributed by atoms with Crippen LogP contribution >= 0.6 is 0 Å². The van der Waals surface area contributed by atoms with Gasteiger partial charge in [-0.15, -0.1) is 0 Å². The number of rotatable bonds is 3. The topological polar surface area (TPSA) is 55.2 Å². The minimum atomic E-state index is -0.306. The van der Waals surface area contributed by atoms with Crippen LogP contribution in [0, 0.1) is 10.1 Å². The molecule has 1 aromatic rings. The lowest BCUT2D eigenvalue weighted by molar-refractivity contribution is -0.386. The van der Waals surface area contributed by atoms with E-state index in [9.17, 15) is 10.1 Å². The summed E-state index contributed by atoms with van der Waals surface area (Å²) < 4.78 is 0. The van der Waals surface area contributed by atoms with Gasteiger partial charge in [0, 0.05) is 18.2 Å².